The Morgan fingerprint density at radius 1 is 1.47 bits per heavy atom. The monoisotopic (exact) mass is 231 g/mol. The SMILES string of the molecule is CC(C)c1[nH]nc(-c2cccnc2)c1C(=O)O. The van der Waals surface area contributed by atoms with E-state index in [1.807, 2.05) is 13.8 Å². The summed E-state index contributed by atoms with van der Waals surface area (Å²) in [5, 5.41) is 16.1. The number of nitrogens with zero attached hydrogens (tertiary/aromatic N) is 2. The zero-order valence-electron chi connectivity index (χ0n) is 9.64. The smallest absolute Gasteiger partial charge is 0.339 e. The van der Waals surface area contributed by atoms with Crippen LogP contribution in [0.1, 0.15) is 35.8 Å². The van der Waals surface area contributed by atoms with E-state index >= 15 is 0 Å². The first-order valence-electron chi connectivity index (χ1n) is 5.33. The molecular weight excluding hydrogens is 218 g/mol. The van der Waals surface area contributed by atoms with E-state index < -0.39 is 5.97 Å². The Morgan fingerprint density at radius 2 is 2.24 bits per heavy atom. The van der Waals surface area contributed by atoms with Crippen LogP contribution in [0.2, 0.25) is 0 Å². The molecule has 0 aliphatic rings. The molecule has 0 spiro atoms. The Kier molecular flexibility index (Phi) is 2.91. The van der Waals surface area contributed by atoms with Crippen LogP contribution >= 0.6 is 0 Å². The third kappa shape index (κ3) is 2.04. The van der Waals surface area contributed by atoms with Gasteiger partial charge in [-0.3, -0.25) is 10.1 Å². The number of aromatic amines is 1. The summed E-state index contributed by atoms with van der Waals surface area (Å²) in [5.41, 5.74) is 2.01. The average Bonchev–Trinajstić information content (AvgIpc) is 2.74. The van der Waals surface area contributed by atoms with Crippen LogP contribution in [-0.4, -0.2) is 26.3 Å². The standard InChI is InChI=1S/C12H13N3O2/c1-7(2)10-9(12(16)17)11(15-14-10)8-4-3-5-13-6-8/h3-7H,1-2H3,(H,14,15)(H,16,17). The van der Waals surface area contributed by atoms with Crippen LogP contribution in [0, 0.1) is 0 Å². The number of hydrogen-bond acceptors (Lipinski definition) is 3. The van der Waals surface area contributed by atoms with Gasteiger partial charge in [0.1, 0.15) is 11.3 Å². The van der Waals surface area contributed by atoms with Crippen LogP contribution in [0.15, 0.2) is 24.5 Å². The number of carboxylic acids is 1. The number of nitrogens with one attached hydrogen (secondary N) is 1. The lowest BCUT2D eigenvalue weighted by molar-refractivity contribution is 0.0696. The van der Waals surface area contributed by atoms with E-state index in [4.69, 9.17) is 0 Å². The van der Waals surface area contributed by atoms with Gasteiger partial charge in [0.15, 0.2) is 0 Å². The first-order valence-corrected chi connectivity index (χ1v) is 5.33. The van der Waals surface area contributed by atoms with Crippen molar-refractivity contribution in [1.82, 2.24) is 15.2 Å². The zero-order valence-corrected chi connectivity index (χ0v) is 9.64. The summed E-state index contributed by atoms with van der Waals surface area (Å²) < 4.78 is 0. The highest BCUT2D eigenvalue weighted by atomic mass is 16.4. The molecule has 0 aliphatic carbocycles. The van der Waals surface area contributed by atoms with Crippen molar-refractivity contribution >= 4 is 5.97 Å². The molecular formula is C12H13N3O2. The van der Waals surface area contributed by atoms with Crippen molar-refractivity contribution in [3.63, 3.8) is 0 Å². The quantitative estimate of drug-likeness (QED) is 0.849. The Morgan fingerprint density at radius 3 is 2.76 bits per heavy atom. The maximum Gasteiger partial charge on any atom is 0.339 e. The highest BCUT2D eigenvalue weighted by molar-refractivity contribution is 5.96. The highest BCUT2D eigenvalue weighted by Crippen LogP contribution is 2.27. The lowest BCUT2D eigenvalue weighted by atomic mass is 10.0. The van der Waals surface area contributed by atoms with Crippen LogP contribution in [0.4, 0.5) is 0 Å². The Balaban J connectivity index is 2.60. The highest BCUT2D eigenvalue weighted by Gasteiger charge is 2.22. The molecule has 0 radical (unpaired) electrons. The van der Waals surface area contributed by atoms with Gasteiger partial charge in [0.25, 0.3) is 0 Å². The van der Waals surface area contributed by atoms with Crippen molar-refractivity contribution in [1.29, 1.82) is 0 Å². The molecule has 0 saturated heterocycles. The number of pyridine rings is 1. The summed E-state index contributed by atoms with van der Waals surface area (Å²) in [7, 11) is 0. The van der Waals surface area contributed by atoms with Gasteiger partial charge >= 0.3 is 5.97 Å². The van der Waals surface area contributed by atoms with Crippen molar-refractivity contribution in [2.75, 3.05) is 0 Å². The summed E-state index contributed by atoms with van der Waals surface area (Å²) in [4.78, 5) is 15.3. The fraction of sp³-hybridized carbons (Fsp3) is 0.250. The lowest BCUT2D eigenvalue weighted by Crippen LogP contribution is -2.03. The second-order valence-electron chi connectivity index (χ2n) is 4.06. The largest absolute Gasteiger partial charge is 0.478 e. The van der Waals surface area contributed by atoms with Gasteiger partial charge in [-0.25, -0.2) is 4.79 Å². The molecule has 0 fully saturated rings. The van der Waals surface area contributed by atoms with Crippen LogP contribution in [0.5, 0.6) is 0 Å². The van der Waals surface area contributed by atoms with Crippen LogP contribution < -0.4 is 0 Å². The van der Waals surface area contributed by atoms with E-state index in [9.17, 15) is 9.90 Å². The van der Waals surface area contributed by atoms with Crippen molar-refractivity contribution in [3.8, 4) is 11.3 Å². The topological polar surface area (TPSA) is 78.9 Å². The molecule has 0 unspecified atom stereocenters. The van der Waals surface area contributed by atoms with Crippen LogP contribution in [-0.2, 0) is 0 Å². The first kappa shape index (κ1) is 11.3. The number of aromatic carboxylic acids is 1. The fourth-order valence-electron chi connectivity index (χ4n) is 1.70. The molecule has 0 bridgehead atoms. The summed E-state index contributed by atoms with van der Waals surface area (Å²) in [5.74, 6) is -0.889. The number of hydrogen-bond donors (Lipinski definition) is 2. The van der Waals surface area contributed by atoms with E-state index in [0.717, 1.165) is 0 Å². The number of H-pyrrole nitrogens is 1. The molecule has 2 aromatic heterocycles. The molecule has 0 amide bonds. The molecule has 0 saturated carbocycles. The Bertz CT molecular complexity index is 532. The van der Waals surface area contributed by atoms with E-state index in [0.29, 0.717) is 17.0 Å². The molecule has 17 heavy (non-hydrogen) atoms. The molecule has 5 heteroatoms. The number of carboxylic acid groups (broad SMARTS) is 1. The number of rotatable bonds is 3. The van der Waals surface area contributed by atoms with Crippen molar-refractivity contribution in [2.45, 2.75) is 19.8 Å². The van der Waals surface area contributed by atoms with Crippen molar-refractivity contribution < 1.29 is 9.90 Å². The van der Waals surface area contributed by atoms with E-state index in [-0.39, 0.29) is 11.5 Å². The molecule has 2 N–H and O–H groups in total. The van der Waals surface area contributed by atoms with Gasteiger partial charge in [0.2, 0.25) is 0 Å². The van der Waals surface area contributed by atoms with Crippen LogP contribution in [0.3, 0.4) is 0 Å². The van der Waals surface area contributed by atoms with Crippen molar-refractivity contribution in [3.05, 3.63) is 35.8 Å². The minimum atomic E-state index is -0.971. The third-order valence-electron chi connectivity index (χ3n) is 2.52. The Hall–Kier alpha value is -2.17. The molecule has 2 aromatic rings. The van der Waals surface area contributed by atoms with E-state index in [1.165, 1.54) is 0 Å². The molecule has 0 aromatic carbocycles. The minimum absolute atomic E-state index is 0.0824. The van der Waals surface area contributed by atoms with Gasteiger partial charge in [0, 0.05) is 18.0 Å². The minimum Gasteiger partial charge on any atom is -0.478 e. The van der Waals surface area contributed by atoms with E-state index in [1.54, 1.807) is 24.5 Å². The van der Waals surface area contributed by atoms with Crippen LogP contribution in [0.25, 0.3) is 11.3 Å². The van der Waals surface area contributed by atoms with E-state index in [2.05, 4.69) is 15.2 Å². The van der Waals surface area contributed by atoms with Gasteiger partial charge in [0.05, 0.1) is 5.69 Å². The van der Waals surface area contributed by atoms with Gasteiger partial charge in [-0.1, -0.05) is 13.8 Å². The maximum absolute atomic E-state index is 11.3. The second kappa shape index (κ2) is 4.37. The van der Waals surface area contributed by atoms with Gasteiger partial charge in [-0.05, 0) is 18.1 Å². The zero-order chi connectivity index (χ0) is 12.4. The molecule has 2 heterocycles. The van der Waals surface area contributed by atoms with Gasteiger partial charge < -0.3 is 5.11 Å². The first-order chi connectivity index (χ1) is 8.11. The molecule has 0 aliphatic heterocycles. The number of aromatic nitrogens is 3. The fourth-order valence-corrected chi connectivity index (χ4v) is 1.70. The molecule has 2 rings (SSSR count). The second-order valence-corrected chi connectivity index (χ2v) is 4.06. The molecule has 5 nitrogen and oxygen atoms in total. The molecule has 88 valence electrons. The third-order valence-corrected chi connectivity index (χ3v) is 2.52. The summed E-state index contributed by atoms with van der Waals surface area (Å²) >= 11 is 0. The summed E-state index contributed by atoms with van der Waals surface area (Å²) in [6.45, 7) is 3.85. The number of carbonyl (C=O) groups is 1. The average molecular weight is 231 g/mol. The summed E-state index contributed by atoms with van der Waals surface area (Å²) in [6, 6.07) is 3.55. The predicted molar refractivity (Wildman–Crippen MR) is 62.9 cm³/mol. The summed E-state index contributed by atoms with van der Waals surface area (Å²) in [6.07, 6.45) is 3.24. The van der Waals surface area contributed by atoms with Crippen molar-refractivity contribution in [2.24, 2.45) is 0 Å². The normalized spacial score (nSPS) is 10.8. The predicted octanol–water partition coefficient (Wildman–Crippen LogP) is 2.29. The lowest BCUT2D eigenvalue weighted by Gasteiger charge is -2.03. The van der Waals surface area contributed by atoms with Gasteiger partial charge in [-0.2, -0.15) is 5.10 Å². The van der Waals surface area contributed by atoms with Gasteiger partial charge in [-0.15, -0.1) is 0 Å². The molecule has 0 atom stereocenters. The maximum atomic E-state index is 11.3. The Labute approximate surface area is 98.5 Å².